The van der Waals surface area contributed by atoms with Gasteiger partial charge < -0.3 is 4.74 Å². The maximum Gasteiger partial charge on any atom is 0.238 e. The van der Waals surface area contributed by atoms with Crippen LogP contribution in [0.1, 0.15) is 57.6 Å². The molecule has 0 bridgehead atoms. The highest BCUT2D eigenvalue weighted by molar-refractivity contribution is 7.89. The summed E-state index contributed by atoms with van der Waals surface area (Å²) in [5, 5.41) is 5.29. The van der Waals surface area contributed by atoms with Crippen molar-refractivity contribution in [2.24, 2.45) is 5.14 Å². The number of benzene rings is 1. The second-order valence-corrected chi connectivity index (χ2v) is 7.10. The van der Waals surface area contributed by atoms with Crippen LogP contribution < -0.4 is 9.88 Å². The second kappa shape index (κ2) is 6.59. The van der Waals surface area contributed by atoms with Crippen molar-refractivity contribution in [3.8, 4) is 5.75 Å². The van der Waals surface area contributed by atoms with E-state index in [0.717, 1.165) is 24.2 Å². The fraction of sp³-hybridized carbons (Fsp3) is 0.600. The summed E-state index contributed by atoms with van der Waals surface area (Å²) < 4.78 is 29.3. The van der Waals surface area contributed by atoms with E-state index in [-0.39, 0.29) is 16.9 Å². The molecule has 2 N–H and O–H groups in total. The Hall–Kier alpha value is -1.07. The average Bonchev–Trinajstić information content (AvgIpc) is 2.30. The first-order valence-electron chi connectivity index (χ1n) is 7.00. The molecule has 1 atom stereocenters. The third kappa shape index (κ3) is 4.21. The Morgan fingerprint density at radius 1 is 1.25 bits per heavy atom. The van der Waals surface area contributed by atoms with Gasteiger partial charge in [0.1, 0.15) is 5.75 Å². The van der Waals surface area contributed by atoms with Crippen molar-refractivity contribution >= 4 is 10.0 Å². The van der Waals surface area contributed by atoms with E-state index >= 15 is 0 Å². The van der Waals surface area contributed by atoms with Gasteiger partial charge in [0, 0.05) is 0 Å². The van der Waals surface area contributed by atoms with Crippen molar-refractivity contribution in [2.75, 3.05) is 0 Å². The van der Waals surface area contributed by atoms with Crippen LogP contribution >= 0.6 is 0 Å². The van der Waals surface area contributed by atoms with Crippen LogP contribution in [0.25, 0.3) is 0 Å². The summed E-state index contributed by atoms with van der Waals surface area (Å²) in [7, 11) is -3.71. The molecule has 0 radical (unpaired) electrons. The molecule has 0 fully saturated rings. The zero-order valence-electron chi connectivity index (χ0n) is 12.9. The predicted molar refractivity (Wildman–Crippen MR) is 81.6 cm³/mol. The molecule has 0 amide bonds. The van der Waals surface area contributed by atoms with Gasteiger partial charge in [0.05, 0.1) is 11.0 Å². The van der Waals surface area contributed by atoms with Gasteiger partial charge in [-0.2, -0.15) is 0 Å². The Morgan fingerprint density at radius 3 is 2.30 bits per heavy atom. The summed E-state index contributed by atoms with van der Waals surface area (Å²) in [6.45, 7) is 9.85. The molecule has 4 nitrogen and oxygen atoms in total. The van der Waals surface area contributed by atoms with Gasteiger partial charge in [0.2, 0.25) is 10.0 Å². The summed E-state index contributed by atoms with van der Waals surface area (Å²) in [6, 6.07) is 3.42. The van der Waals surface area contributed by atoms with Crippen molar-refractivity contribution in [1.29, 1.82) is 0 Å². The predicted octanol–water partition coefficient (Wildman–Crippen LogP) is 3.33. The maximum atomic E-state index is 11.7. The van der Waals surface area contributed by atoms with E-state index in [1.807, 2.05) is 33.8 Å². The first-order valence-corrected chi connectivity index (χ1v) is 8.55. The number of hydrogen-bond donors (Lipinski definition) is 1. The molecule has 0 saturated heterocycles. The normalized spacial score (nSPS) is 13.6. The van der Waals surface area contributed by atoms with E-state index in [0.29, 0.717) is 5.56 Å². The first-order chi connectivity index (χ1) is 9.16. The van der Waals surface area contributed by atoms with Gasteiger partial charge in [-0.15, -0.1) is 0 Å². The molecule has 1 rings (SSSR count). The summed E-state index contributed by atoms with van der Waals surface area (Å²) in [5.74, 6) is 0.801. The van der Waals surface area contributed by atoms with Crippen LogP contribution in [0.4, 0.5) is 0 Å². The smallest absolute Gasteiger partial charge is 0.238 e. The molecule has 1 aromatic rings. The molecule has 0 aliphatic heterocycles. The van der Waals surface area contributed by atoms with Gasteiger partial charge in [0.25, 0.3) is 0 Å². The topological polar surface area (TPSA) is 69.4 Å². The number of hydrogen-bond acceptors (Lipinski definition) is 3. The van der Waals surface area contributed by atoms with Gasteiger partial charge >= 0.3 is 0 Å². The van der Waals surface area contributed by atoms with Crippen LogP contribution in [0, 0.1) is 6.92 Å². The Bertz CT molecular complexity index is 565. The highest BCUT2D eigenvalue weighted by Gasteiger charge is 2.19. The Kier molecular flexibility index (Phi) is 5.59. The van der Waals surface area contributed by atoms with E-state index in [1.165, 1.54) is 0 Å². The van der Waals surface area contributed by atoms with Gasteiger partial charge in [-0.1, -0.05) is 27.2 Å². The molecular formula is C15H25NO3S. The van der Waals surface area contributed by atoms with Gasteiger partial charge in [-0.25, -0.2) is 13.6 Å². The molecule has 0 aromatic heterocycles. The lowest BCUT2D eigenvalue weighted by Crippen LogP contribution is -2.17. The van der Waals surface area contributed by atoms with Gasteiger partial charge in [-0.05, 0) is 49.4 Å². The fourth-order valence-corrected chi connectivity index (χ4v) is 3.15. The first kappa shape index (κ1) is 17.0. The minimum atomic E-state index is -3.71. The largest absolute Gasteiger partial charge is 0.490 e. The zero-order valence-corrected chi connectivity index (χ0v) is 13.8. The van der Waals surface area contributed by atoms with Crippen LogP contribution in [0.15, 0.2) is 17.0 Å². The van der Waals surface area contributed by atoms with Crippen LogP contribution in [0.5, 0.6) is 5.75 Å². The molecule has 1 unspecified atom stereocenters. The molecule has 0 aliphatic rings. The number of rotatable bonds is 6. The van der Waals surface area contributed by atoms with Crippen molar-refractivity contribution < 1.29 is 13.2 Å². The highest BCUT2D eigenvalue weighted by Crippen LogP contribution is 2.31. The fourth-order valence-electron chi connectivity index (χ4n) is 2.18. The van der Waals surface area contributed by atoms with E-state index < -0.39 is 10.0 Å². The highest BCUT2D eigenvalue weighted by atomic mass is 32.2. The molecule has 114 valence electrons. The molecule has 20 heavy (non-hydrogen) atoms. The lowest BCUT2D eigenvalue weighted by Gasteiger charge is -2.19. The number of nitrogens with two attached hydrogens (primary N) is 1. The van der Waals surface area contributed by atoms with E-state index in [9.17, 15) is 8.42 Å². The van der Waals surface area contributed by atoms with Crippen molar-refractivity contribution in [3.05, 3.63) is 23.3 Å². The third-order valence-electron chi connectivity index (χ3n) is 3.26. The van der Waals surface area contributed by atoms with Crippen molar-refractivity contribution in [2.45, 2.75) is 64.4 Å². The SMILES string of the molecule is CCCC(C)Oc1cc(C(C)C)c(S(N)(=O)=O)cc1C. The molecule has 0 spiro atoms. The molecular weight excluding hydrogens is 274 g/mol. The minimum Gasteiger partial charge on any atom is -0.490 e. The van der Waals surface area contributed by atoms with E-state index in [1.54, 1.807) is 6.07 Å². The van der Waals surface area contributed by atoms with Crippen LogP contribution in [0.2, 0.25) is 0 Å². The molecule has 0 saturated carbocycles. The van der Waals surface area contributed by atoms with Crippen molar-refractivity contribution in [1.82, 2.24) is 0 Å². The van der Waals surface area contributed by atoms with Crippen molar-refractivity contribution in [3.63, 3.8) is 0 Å². The van der Waals surface area contributed by atoms with Crippen LogP contribution in [-0.2, 0) is 10.0 Å². The molecule has 1 aromatic carbocycles. The Balaban J connectivity index is 3.27. The van der Waals surface area contributed by atoms with E-state index in [4.69, 9.17) is 9.88 Å². The van der Waals surface area contributed by atoms with Gasteiger partial charge in [0.15, 0.2) is 0 Å². The summed E-state index contributed by atoms with van der Waals surface area (Å²) in [5.41, 5.74) is 1.50. The average molecular weight is 299 g/mol. The van der Waals surface area contributed by atoms with Crippen LogP contribution in [0.3, 0.4) is 0 Å². The van der Waals surface area contributed by atoms with Gasteiger partial charge in [-0.3, -0.25) is 0 Å². The second-order valence-electron chi connectivity index (χ2n) is 5.57. The number of ether oxygens (including phenoxy) is 1. The Labute approximate surface area is 122 Å². The third-order valence-corrected chi connectivity index (χ3v) is 4.23. The summed E-state index contributed by atoms with van der Waals surface area (Å²) in [6.07, 6.45) is 2.12. The number of aryl methyl sites for hydroxylation is 1. The summed E-state index contributed by atoms with van der Waals surface area (Å²) >= 11 is 0. The minimum absolute atomic E-state index is 0.0627. The monoisotopic (exact) mass is 299 g/mol. The molecule has 0 heterocycles. The molecule has 0 aliphatic carbocycles. The molecule has 5 heteroatoms. The Morgan fingerprint density at radius 2 is 1.85 bits per heavy atom. The maximum absolute atomic E-state index is 11.7. The number of primary sulfonamides is 1. The summed E-state index contributed by atoms with van der Waals surface area (Å²) in [4.78, 5) is 0.195. The standard InChI is InChI=1S/C15H25NO3S/c1-6-7-12(5)19-14-9-13(10(2)3)15(8-11(14)4)20(16,17)18/h8-10,12H,6-7H2,1-5H3,(H2,16,17,18). The lowest BCUT2D eigenvalue weighted by atomic mass is 10.0. The van der Waals surface area contributed by atoms with E-state index in [2.05, 4.69) is 6.92 Å². The quantitative estimate of drug-likeness (QED) is 0.876. The lowest BCUT2D eigenvalue weighted by molar-refractivity contribution is 0.208. The number of sulfonamides is 1. The zero-order chi connectivity index (χ0) is 15.5. The van der Waals surface area contributed by atoms with Crippen LogP contribution in [-0.4, -0.2) is 14.5 Å².